The molecule has 2 aromatic heterocycles. The molecule has 0 aliphatic carbocycles. The van der Waals surface area contributed by atoms with Crippen LogP contribution >= 0.6 is 15.9 Å². The van der Waals surface area contributed by atoms with Crippen molar-refractivity contribution in [3.05, 3.63) is 56.8 Å². The zero-order valence-electron chi connectivity index (χ0n) is 10.9. The van der Waals surface area contributed by atoms with Gasteiger partial charge in [-0.3, -0.25) is 13.9 Å². The number of nitrogens with zero attached hydrogens (tertiary/aromatic N) is 2. The van der Waals surface area contributed by atoms with E-state index in [0.29, 0.717) is 15.6 Å². The summed E-state index contributed by atoms with van der Waals surface area (Å²) in [5.41, 5.74) is 1.80. The van der Waals surface area contributed by atoms with Crippen LogP contribution in [0.3, 0.4) is 0 Å². The molecule has 0 atom stereocenters. The number of aryl methyl sites for hydroxylation is 2. The highest BCUT2D eigenvalue weighted by Gasteiger charge is 2.18. The molecule has 0 N–H and O–H groups in total. The number of hydrogen-bond donors (Lipinski definition) is 0. The van der Waals surface area contributed by atoms with Gasteiger partial charge in [-0.05, 0) is 40.2 Å². The lowest BCUT2D eigenvalue weighted by Crippen LogP contribution is -2.19. The number of furan rings is 1. The van der Waals surface area contributed by atoms with Crippen LogP contribution in [-0.2, 0) is 14.1 Å². The summed E-state index contributed by atoms with van der Waals surface area (Å²) in [6.45, 7) is 0. The van der Waals surface area contributed by atoms with E-state index in [0.717, 1.165) is 5.52 Å². The molecule has 102 valence electrons. The first kappa shape index (κ1) is 12.9. The third-order valence-electron chi connectivity index (χ3n) is 3.35. The summed E-state index contributed by atoms with van der Waals surface area (Å²) < 4.78 is 8.82. The summed E-state index contributed by atoms with van der Waals surface area (Å²) in [6.07, 6.45) is 1.46. The third kappa shape index (κ3) is 1.76. The van der Waals surface area contributed by atoms with E-state index in [-0.39, 0.29) is 17.2 Å². The molecule has 0 aliphatic heterocycles. The van der Waals surface area contributed by atoms with Crippen molar-refractivity contribution in [1.82, 2.24) is 9.13 Å². The van der Waals surface area contributed by atoms with Gasteiger partial charge in [0.15, 0.2) is 5.76 Å². The van der Waals surface area contributed by atoms with Gasteiger partial charge < -0.3 is 4.42 Å². The third-order valence-corrected chi connectivity index (χ3v) is 4.01. The maximum absolute atomic E-state index is 12.4. The van der Waals surface area contributed by atoms with Crippen LogP contribution in [0.5, 0.6) is 0 Å². The van der Waals surface area contributed by atoms with Crippen LogP contribution in [-0.4, -0.2) is 14.9 Å². The molecule has 3 rings (SSSR count). The fraction of sp³-hybridized carbons (Fsp3) is 0.143. The minimum absolute atomic E-state index is 0.130. The van der Waals surface area contributed by atoms with Crippen LogP contribution in [0.15, 0.2) is 44.2 Å². The summed E-state index contributed by atoms with van der Waals surface area (Å²) in [4.78, 5) is 24.3. The molecule has 6 heteroatoms. The molecule has 0 fully saturated rings. The Morgan fingerprint density at radius 1 is 1.20 bits per heavy atom. The summed E-state index contributed by atoms with van der Waals surface area (Å²) in [5, 5.41) is 0. The van der Waals surface area contributed by atoms with Crippen molar-refractivity contribution in [3.8, 4) is 0 Å². The highest BCUT2D eigenvalue weighted by molar-refractivity contribution is 9.10. The zero-order valence-corrected chi connectivity index (χ0v) is 12.5. The smallest absolute Gasteiger partial charge is 0.328 e. The quantitative estimate of drug-likeness (QED) is 0.676. The van der Waals surface area contributed by atoms with Gasteiger partial charge in [-0.1, -0.05) is 0 Å². The van der Waals surface area contributed by atoms with E-state index in [1.165, 1.54) is 10.8 Å². The zero-order chi connectivity index (χ0) is 14.4. The number of carbonyl (C=O) groups excluding carboxylic acids is 1. The van der Waals surface area contributed by atoms with E-state index in [4.69, 9.17) is 4.42 Å². The van der Waals surface area contributed by atoms with Crippen molar-refractivity contribution in [2.75, 3.05) is 0 Å². The molecule has 0 bridgehead atoms. The minimum atomic E-state index is -0.222. The maximum Gasteiger partial charge on any atom is 0.328 e. The summed E-state index contributed by atoms with van der Waals surface area (Å²) in [6, 6.07) is 6.75. The van der Waals surface area contributed by atoms with Gasteiger partial charge in [-0.2, -0.15) is 0 Å². The van der Waals surface area contributed by atoms with Gasteiger partial charge in [0.2, 0.25) is 5.78 Å². The summed E-state index contributed by atoms with van der Waals surface area (Å²) >= 11 is 3.38. The topological polar surface area (TPSA) is 57.1 Å². The fourth-order valence-corrected chi connectivity index (χ4v) is 2.75. The predicted octanol–water partition coefficient (Wildman–Crippen LogP) is 2.46. The lowest BCUT2D eigenvalue weighted by molar-refractivity contribution is 0.101. The molecule has 1 aromatic carbocycles. The van der Waals surface area contributed by atoms with Gasteiger partial charge >= 0.3 is 5.69 Å². The van der Waals surface area contributed by atoms with Crippen molar-refractivity contribution in [1.29, 1.82) is 0 Å². The number of benzene rings is 1. The highest BCUT2D eigenvalue weighted by atomic mass is 79.9. The molecular weight excluding hydrogens is 324 g/mol. The Balaban J connectivity index is 2.28. The lowest BCUT2D eigenvalue weighted by Gasteiger charge is -2.03. The second-order valence-corrected chi connectivity index (χ2v) is 5.38. The first-order chi connectivity index (χ1) is 9.50. The molecule has 2 heterocycles. The molecule has 5 nitrogen and oxygen atoms in total. The minimum Gasteiger partial charge on any atom is -0.461 e. The number of imidazole rings is 1. The van der Waals surface area contributed by atoms with Crippen LogP contribution in [0.2, 0.25) is 0 Å². The first-order valence-electron chi connectivity index (χ1n) is 5.94. The molecule has 0 amide bonds. The van der Waals surface area contributed by atoms with Crippen LogP contribution < -0.4 is 5.69 Å². The average molecular weight is 335 g/mol. The SMILES string of the molecule is Cn1c(=O)n(C)c2cc(C(=O)c3ccco3)c(Br)cc21. The molecular formula is C14H11BrN2O3. The molecule has 0 spiro atoms. The van der Waals surface area contributed by atoms with Gasteiger partial charge in [0.1, 0.15) is 0 Å². The highest BCUT2D eigenvalue weighted by Crippen LogP contribution is 2.26. The van der Waals surface area contributed by atoms with Crippen molar-refractivity contribution in [3.63, 3.8) is 0 Å². The Hall–Kier alpha value is -2.08. The number of rotatable bonds is 2. The number of hydrogen-bond acceptors (Lipinski definition) is 3. The number of aromatic nitrogens is 2. The second-order valence-electron chi connectivity index (χ2n) is 4.53. The number of fused-ring (bicyclic) bond motifs is 1. The van der Waals surface area contributed by atoms with E-state index < -0.39 is 0 Å². The van der Waals surface area contributed by atoms with Gasteiger partial charge in [0, 0.05) is 24.1 Å². The summed E-state index contributed by atoms with van der Waals surface area (Å²) in [7, 11) is 3.38. The lowest BCUT2D eigenvalue weighted by atomic mass is 10.1. The molecule has 3 aromatic rings. The van der Waals surface area contributed by atoms with E-state index in [1.54, 1.807) is 42.9 Å². The van der Waals surface area contributed by atoms with E-state index in [2.05, 4.69) is 15.9 Å². The fourth-order valence-electron chi connectivity index (χ4n) is 2.23. The van der Waals surface area contributed by atoms with E-state index in [9.17, 15) is 9.59 Å². The standard InChI is InChI=1S/C14H11BrN2O3/c1-16-10-6-8(13(18)12-4-3-5-20-12)9(15)7-11(10)17(2)14(16)19/h3-7H,1-2H3. The van der Waals surface area contributed by atoms with Crippen molar-refractivity contribution in [2.45, 2.75) is 0 Å². The van der Waals surface area contributed by atoms with Gasteiger partial charge in [-0.15, -0.1) is 0 Å². The Bertz CT molecular complexity index is 872. The monoisotopic (exact) mass is 334 g/mol. The largest absolute Gasteiger partial charge is 0.461 e. The normalized spacial score (nSPS) is 11.2. The van der Waals surface area contributed by atoms with Crippen LogP contribution in [0.25, 0.3) is 11.0 Å². The molecule has 0 unspecified atom stereocenters. The number of carbonyl (C=O) groups is 1. The van der Waals surface area contributed by atoms with Crippen molar-refractivity contribution in [2.24, 2.45) is 14.1 Å². The molecule has 0 aliphatic rings. The first-order valence-corrected chi connectivity index (χ1v) is 6.73. The van der Waals surface area contributed by atoms with E-state index in [1.807, 2.05) is 0 Å². The Kier molecular flexibility index (Phi) is 2.90. The van der Waals surface area contributed by atoms with Crippen molar-refractivity contribution < 1.29 is 9.21 Å². The van der Waals surface area contributed by atoms with Crippen LogP contribution in [0.1, 0.15) is 16.1 Å². The maximum atomic E-state index is 12.4. The predicted molar refractivity (Wildman–Crippen MR) is 78.0 cm³/mol. The second kappa shape index (κ2) is 4.49. The van der Waals surface area contributed by atoms with Crippen molar-refractivity contribution >= 4 is 32.7 Å². The number of halogens is 1. The molecule has 20 heavy (non-hydrogen) atoms. The summed E-state index contributed by atoms with van der Waals surface area (Å²) in [5.74, 6) is 0.0473. The molecule has 0 saturated carbocycles. The number of ketones is 1. The molecule has 0 radical (unpaired) electrons. The molecule has 0 saturated heterocycles. The van der Waals surface area contributed by atoms with Gasteiger partial charge in [0.05, 0.1) is 17.3 Å². The Morgan fingerprint density at radius 3 is 2.45 bits per heavy atom. The van der Waals surface area contributed by atoms with Gasteiger partial charge in [0.25, 0.3) is 0 Å². The van der Waals surface area contributed by atoms with Crippen LogP contribution in [0, 0.1) is 0 Å². The van der Waals surface area contributed by atoms with Gasteiger partial charge in [-0.25, -0.2) is 4.79 Å². The van der Waals surface area contributed by atoms with E-state index >= 15 is 0 Å². The Morgan fingerprint density at radius 2 is 1.85 bits per heavy atom. The average Bonchev–Trinajstić information content (AvgIpc) is 3.03. The van der Waals surface area contributed by atoms with Crippen LogP contribution in [0.4, 0.5) is 0 Å². The Labute approximate surface area is 122 Å².